The Bertz CT molecular complexity index is 709. The van der Waals surface area contributed by atoms with Gasteiger partial charge in [0.1, 0.15) is 0 Å². The molecule has 0 amide bonds. The molecule has 0 bridgehead atoms. The predicted octanol–water partition coefficient (Wildman–Crippen LogP) is 3.69. The topological polar surface area (TPSA) is 66.5 Å². The number of rotatable bonds is 4. The van der Waals surface area contributed by atoms with Crippen molar-refractivity contribution in [2.75, 3.05) is 5.32 Å². The molecule has 2 aromatic carbocycles. The van der Waals surface area contributed by atoms with E-state index in [0.717, 1.165) is 16.3 Å². The molecule has 0 saturated carbocycles. The zero-order valence-corrected chi connectivity index (χ0v) is 12.2. The molecule has 1 aromatic heterocycles. The van der Waals surface area contributed by atoms with Gasteiger partial charge in [0.2, 0.25) is 5.82 Å². The van der Waals surface area contributed by atoms with Gasteiger partial charge in [-0.2, -0.15) is 5.21 Å². The van der Waals surface area contributed by atoms with E-state index >= 15 is 0 Å². The fraction of sp³-hybridized carbons (Fsp3) is 0.133. The lowest BCUT2D eigenvalue weighted by Gasteiger charge is -2.16. The molecule has 5 nitrogen and oxygen atoms in total. The summed E-state index contributed by atoms with van der Waals surface area (Å²) in [5, 5.41) is 18.2. The number of halogens is 1. The molecule has 0 fully saturated rings. The number of H-pyrrole nitrogens is 1. The fourth-order valence-corrected chi connectivity index (χ4v) is 2.24. The Morgan fingerprint density at radius 3 is 2.67 bits per heavy atom. The number of aromatic amines is 1. The third-order valence-corrected chi connectivity index (χ3v) is 3.47. The van der Waals surface area contributed by atoms with Gasteiger partial charge >= 0.3 is 0 Å². The fourth-order valence-electron chi connectivity index (χ4n) is 2.12. The maximum absolute atomic E-state index is 5.91. The molecule has 1 heterocycles. The van der Waals surface area contributed by atoms with Crippen LogP contribution in [-0.4, -0.2) is 20.6 Å². The molecular formula is C15H14ClN5. The van der Waals surface area contributed by atoms with Crippen LogP contribution >= 0.6 is 11.6 Å². The van der Waals surface area contributed by atoms with Gasteiger partial charge in [-0.05, 0) is 42.0 Å². The summed E-state index contributed by atoms with van der Waals surface area (Å²) in [4.78, 5) is 0. The van der Waals surface area contributed by atoms with Crippen molar-refractivity contribution in [3.05, 3.63) is 59.1 Å². The van der Waals surface area contributed by atoms with Gasteiger partial charge in [-0.25, -0.2) is 0 Å². The van der Waals surface area contributed by atoms with Gasteiger partial charge in [0.05, 0.1) is 0 Å². The van der Waals surface area contributed by atoms with Gasteiger partial charge in [0, 0.05) is 22.3 Å². The Hall–Kier alpha value is -2.40. The van der Waals surface area contributed by atoms with Crippen molar-refractivity contribution >= 4 is 17.3 Å². The van der Waals surface area contributed by atoms with E-state index in [1.807, 2.05) is 48.5 Å². The van der Waals surface area contributed by atoms with Crippen LogP contribution in [0.25, 0.3) is 11.4 Å². The Balaban J connectivity index is 1.78. The van der Waals surface area contributed by atoms with Crippen LogP contribution in [0.2, 0.25) is 5.02 Å². The van der Waals surface area contributed by atoms with Crippen molar-refractivity contribution in [3.8, 4) is 11.4 Å². The minimum atomic E-state index is 0.169. The van der Waals surface area contributed by atoms with Gasteiger partial charge in [-0.3, -0.25) is 0 Å². The molecule has 106 valence electrons. The number of anilines is 1. The van der Waals surface area contributed by atoms with Gasteiger partial charge in [0.15, 0.2) is 0 Å². The first-order valence-corrected chi connectivity index (χ1v) is 6.96. The molecule has 2 N–H and O–H groups in total. The Kier molecular flexibility index (Phi) is 3.83. The standard InChI is InChI=1S/C15H14ClN5/c1-10(11-5-7-13(16)8-6-11)17-14-4-2-3-12(9-14)15-18-20-21-19-15/h2-10,17H,1H3,(H,18,19,20,21). The maximum atomic E-state index is 5.91. The van der Waals surface area contributed by atoms with Crippen molar-refractivity contribution in [2.45, 2.75) is 13.0 Å². The number of hydrogen-bond acceptors (Lipinski definition) is 4. The first kappa shape index (κ1) is 13.6. The van der Waals surface area contributed by atoms with Gasteiger partial charge < -0.3 is 5.32 Å². The lowest BCUT2D eigenvalue weighted by molar-refractivity contribution is 0.881. The highest BCUT2D eigenvalue weighted by Gasteiger charge is 2.07. The summed E-state index contributed by atoms with van der Waals surface area (Å²) in [6.07, 6.45) is 0. The van der Waals surface area contributed by atoms with Crippen LogP contribution < -0.4 is 5.32 Å². The Labute approximate surface area is 127 Å². The smallest absolute Gasteiger partial charge is 0.204 e. The lowest BCUT2D eigenvalue weighted by Crippen LogP contribution is -2.06. The average molecular weight is 300 g/mol. The molecule has 0 aliphatic carbocycles. The van der Waals surface area contributed by atoms with E-state index in [-0.39, 0.29) is 6.04 Å². The zero-order valence-electron chi connectivity index (χ0n) is 11.4. The van der Waals surface area contributed by atoms with Crippen molar-refractivity contribution in [2.24, 2.45) is 0 Å². The zero-order chi connectivity index (χ0) is 14.7. The van der Waals surface area contributed by atoms with E-state index in [1.54, 1.807) is 0 Å². The summed E-state index contributed by atoms with van der Waals surface area (Å²) in [5.41, 5.74) is 3.08. The summed E-state index contributed by atoms with van der Waals surface area (Å²) in [7, 11) is 0. The maximum Gasteiger partial charge on any atom is 0.204 e. The normalized spacial score (nSPS) is 12.1. The second-order valence-corrected chi connectivity index (χ2v) is 5.17. The highest BCUT2D eigenvalue weighted by Crippen LogP contribution is 2.23. The molecule has 0 spiro atoms. The van der Waals surface area contributed by atoms with E-state index in [1.165, 1.54) is 5.56 Å². The highest BCUT2D eigenvalue weighted by atomic mass is 35.5. The van der Waals surface area contributed by atoms with Gasteiger partial charge in [-0.15, -0.1) is 10.2 Å². The third kappa shape index (κ3) is 3.20. The number of benzene rings is 2. The van der Waals surface area contributed by atoms with Crippen LogP contribution in [0, 0.1) is 0 Å². The Morgan fingerprint density at radius 2 is 1.95 bits per heavy atom. The minimum absolute atomic E-state index is 0.169. The molecule has 0 aliphatic rings. The molecule has 0 aliphatic heterocycles. The van der Waals surface area contributed by atoms with E-state index in [9.17, 15) is 0 Å². The number of tetrazole rings is 1. The Morgan fingerprint density at radius 1 is 1.14 bits per heavy atom. The summed E-state index contributed by atoms with van der Waals surface area (Å²) < 4.78 is 0. The summed E-state index contributed by atoms with van der Waals surface area (Å²) >= 11 is 5.91. The number of nitrogens with one attached hydrogen (secondary N) is 2. The SMILES string of the molecule is CC(Nc1cccc(-c2nn[nH]n2)c1)c1ccc(Cl)cc1. The summed E-state index contributed by atoms with van der Waals surface area (Å²) in [6, 6.07) is 15.9. The van der Waals surface area contributed by atoms with Crippen LogP contribution in [-0.2, 0) is 0 Å². The van der Waals surface area contributed by atoms with Crippen molar-refractivity contribution in [1.29, 1.82) is 0 Å². The molecule has 3 rings (SSSR count). The summed E-state index contributed by atoms with van der Waals surface area (Å²) in [5.74, 6) is 0.581. The second-order valence-electron chi connectivity index (χ2n) is 4.73. The lowest BCUT2D eigenvalue weighted by atomic mass is 10.1. The van der Waals surface area contributed by atoms with E-state index in [0.29, 0.717) is 5.82 Å². The molecule has 0 radical (unpaired) electrons. The predicted molar refractivity (Wildman–Crippen MR) is 83.1 cm³/mol. The molecule has 3 aromatic rings. The van der Waals surface area contributed by atoms with Crippen LogP contribution in [0.3, 0.4) is 0 Å². The van der Waals surface area contributed by atoms with E-state index in [2.05, 4.69) is 32.9 Å². The van der Waals surface area contributed by atoms with Crippen LogP contribution in [0.5, 0.6) is 0 Å². The minimum Gasteiger partial charge on any atom is -0.379 e. The number of nitrogens with zero attached hydrogens (tertiary/aromatic N) is 3. The average Bonchev–Trinajstić information content (AvgIpc) is 3.02. The largest absolute Gasteiger partial charge is 0.379 e. The molecule has 1 atom stereocenters. The molecule has 1 unspecified atom stereocenters. The monoisotopic (exact) mass is 299 g/mol. The van der Waals surface area contributed by atoms with Crippen molar-refractivity contribution in [3.63, 3.8) is 0 Å². The van der Waals surface area contributed by atoms with E-state index in [4.69, 9.17) is 11.6 Å². The molecular weight excluding hydrogens is 286 g/mol. The number of aromatic nitrogens is 4. The van der Waals surface area contributed by atoms with Gasteiger partial charge in [-0.1, -0.05) is 35.9 Å². The molecule has 21 heavy (non-hydrogen) atoms. The first-order chi connectivity index (χ1) is 10.2. The van der Waals surface area contributed by atoms with Crippen LogP contribution in [0.15, 0.2) is 48.5 Å². The third-order valence-electron chi connectivity index (χ3n) is 3.22. The van der Waals surface area contributed by atoms with Crippen molar-refractivity contribution < 1.29 is 0 Å². The molecule has 6 heteroatoms. The van der Waals surface area contributed by atoms with Crippen LogP contribution in [0.1, 0.15) is 18.5 Å². The first-order valence-electron chi connectivity index (χ1n) is 6.58. The van der Waals surface area contributed by atoms with E-state index < -0.39 is 0 Å². The second kappa shape index (κ2) is 5.93. The summed E-state index contributed by atoms with van der Waals surface area (Å²) in [6.45, 7) is 2.10. The van der Waals surface area contributed by atoms with Gasteiger partial charge in [0.25, 0.3) is 0 Å². The quantitative estimate of drug-likeness (QED) is 0.771. The number of hydrogen-bond donors (Lipinski definition) is 2. The highest BCUT2D eigenvalue weighted by molar-refractivity contribution is 6.30. The van der Waals surface area contributed by atoms with Crippen LogP contribution in [0.4, 0.5) is 5.69 Å². The van der Waals surface area contributed by atoms with Crippen molar-refractivity contribution in [1.82, 2.24) is 20.6 Å². The molecule has 0 saturated heterocycles.